The van der Waals surface area contributed by atoms with Gasteiger partial charge in [-0.3, -0.25) is 0 Å². The van der Waals surface area contributed by atoms with E-state index in [0.29, 0.717) is 12.6 Å². The third-order valence-electron chi connectivity index (χ3n) is 3.69. The third-order valence-corrected chi connectivity index (χ3v) is 4.15. The Labute approximate surface area is 128 Å². The minimum absolute atomic E-state index is 0.580. The normalized spacial score (nSPS) is 14.3. The molecule has 2 nitrogen and oxygen atoms in total. The summed E-state index contributed by atoms with van der Waals surface area (Å²) in [6.07, 6.45) is 2.58. The summed E-state index contributed by atoms with van der Waals surface area (Å²) in [5, 5.41) is 0. The lowest BCUT2D eigenvalue weighted by Crippen LogP contribution is -2.25. The third kappa shape index (κ3) is 3.22. The number of nitrogens with two attached hydrogens (primary N) is 1. The van der Waals surface area contributed by atoms with Gasteiger partial charge in [-0.15, -0.1) is 0 Å². The van der Waals surface area contributed by atoms with E-state index in [-0.39, 0.29) is 0 Å². The molecule has 3 rings (SSSR count). The summed E-state index contributed by atoms with van der Waals surface area (Å²) in [6, 6.07) is 17.8. The van der Waals surface area contributed by atoms with Gasteiger partial charge in [-0.2, -0.15) is 0 Å². The Balaban J connectivity index is 1.89. The molecule has 0 radical (unpaired) electrons. The molecule has 0 unspecified atom stereocenters. The lowest BCUT2D eigenvalue weighted by Gasteiger charge is -2.25. The average molecular weight is 331 g/mol. The number of rotatable bonds is 5. The Bertz CT molecular complexity index is 579. The van der Waals surface area contributed by atoms with Crippen LogP contribution in [0.4, 0.5) is 5.69 Å². The Morgan fingerprint density at radius 3 is 2.45 bits per heavy atom. The number of hydrogen-bond acceptors (Lipinski definition) is 2. The Kier molecular flexibility index (Phi) is 4.08. The highest BCUT2D eigenvalue weighted by atomic mass is 79.9. The van der Waals surface area contributed by atoms with Crippen LogP contribution in [0.2, 0.25) is 0 Å². The second kappa shape index (κ2) is 5.98. The number of hydrogen-bond donors (Lipinski definition) is 1. The van der Waals surface area contributed by atoms with Gasteiger partial charge in [0.2, 0.25) is 0 Å². The molecule has 0 heterocycles. The zero-order valence-electron chi connectivity index (χ0n) is 11.4. The van der Waals surface area contributed by atoms with Crippen LogP contribution < -0.4 is 10.6 Å². The second-order valence-electron chi connectivity index (χ2n) is 5.37. The minimum Gasteiger partial charge on any atom is -0.364 e. The monoisotopic (exact) mass is 330 g/mol. The quantitative estimate of drug-likeness (QED) is 0.895. The van der Waals surface area contributed by atoms with E-state index in [2.05, 4.69) is 69.4 Å². The van der Waals surface area contributed by atoms with Crippen molar-refractivity contribution in [3.05, 3.63) is 64.1 Å². The van der Waals surface area contributed by atoms with Crippen molar-refractivity contribution >= 4 is 21.6 Å². The molecule has 1 aliphatic rings. The predicted molar refractivity (Wildman–Crippen MR) is 87.7 cm³/mol. The summed E-state index contributed by atoms with van der Waals surface area (Å²) in [5.41, 5.74) is 9.59. The fraction of sp³-hybridized carbons (Fsp3) is 0.294. The molecule has 1 saturated carbocycles. The molecule has 104 valence electrons. The fourth-order valence-corrected chi connectivity index (χ4v) is 3.04. The molecule has 0 aliphatic heterocycles. The molecule has 1 aliphatic carbocycles. The van der Waals surface area contributed by atoms with Crippen LogP contribution in [0.1, 0.15) is 24.0 Å². The van der Waals surface area contributed by atoms with Crippen LogP contribution in [0.25, 0.3) is 0 Å². The van der Waals surface area contributed by atoms with Crippen molar-refractivity contribution in [2.24, 2.45) is 5.73 Å². The van der Waals surface area contributed by atoms with Gasteiger partial charge in [-0.25, -0.2) is 0 Å². The van der Waals surface area contributed by atoms with Gasteiger partial charge in [-0.05, 0) is 42.2 Å². The molecule has 20 heavy (non-hydrogen) atoms. The zero-order valence-corrected chi connectivity index (χ0v) is 13.0. The molecular formula is C17H19BrN2. The van der Waals surface area contributed by atoms with Gasteiger partial charge in [0, 0.05) is 29.3 Å². The zero-order chi connectivity index (χ0) is 13.9. The molecule has 1 fully saturated rings. The van der Waals surface area contributed by atoms with Gasteiger partial charge in [0.05, 0.1) is 0 Å². The molecule has 0 spiro atoms. The van der Waals surface area contributed by atoms with Gasteiger partial charge >= 0.3 is 0 Å². The van der Waals surface area contributed by atoms with Crippen molar-refractivity contribution < 1.29 is 0 Å². The van der Waals surface area contributed by atoms with E-state index in [1.165, 1.54) is 29.7 Å². The molecule has 2 aromatic carbocycles. The highest BCUT2D eigenvalue weighted by Crippen LogP contribution is 2.34. The molecule has 0 amide bonds. The standard InChI is InChI=1S/C17H19BrN2/c18-15-8-14(11-19)9-17(10-15)20(16-6-7-16)12-13-4-2-1-3-5-13/h1-5,8-10,16H,6-7,11-12,19H2. The summed E-state index contributed by atoms with van der Waals surface area (Å²) >= 11 is 3.59. The topological polar surface area (TPSA) is 29.3 Å². The average Bonchev–Trinajstić information content (AvgIpc) is 3.29. The van der Waals surface area contributed by atoms with Crippen molar-refractivity contribution in [2.75, 3.05) is 4.90 Å². The van der Waals surface area contributed by atoms with Crippen molar-refractivity contribution in [3.63, 3.8) is 0 Å². The van der Waals surface area contributed by atoms with Crippen LogP contribution in [0.5, 0.6) is 0 Å². The lowest BCUT2D eigenvalue weighted by molar-refractivity contribution is 0.793. The van der Waals surface area contributed by atoms with Crippen LogP contribution in [0.3, 0.4) is 0 Å². The maximum absolute atomic E-state index is 5.79. The van der Waals surface area contributed by atoms with Crippen molar-refractivity contribution in [3.8, 4) is 0 Å². The molecule has 2 N–H and O–H groups in total. The molecule has 0 atom stereocenters. The van der Waals surface area contributed by atoms with Crippen LogP contribution in [0, 0.1) is 0 Å². The highest BCUT2D eigenvalue weighted by molar-refractivity contribution is 9.10. The first-order chi connectivity index (χ1) is 9.76. The largest absolute Gasteiger partial charge is 0.364 e. The first-order valence-electron chi connectivity index (χ1n) is 7.06. The molecule has 0 saturated heterocycles. The SMILES string of the molecule is NCc1cc(Br)cc(N(Cc2ccccc2)C2CC2)c1. The van der Waals surface area contributed by atoms with Crippen molar-refractivity contribution in [1.29, 1.82) is 0 Å². The Hall–Kier alpha value is -1.32. The van der Waals surface area contributed by atoms with Gasteiger partial charge in [0.15, 0.2) is 0 Å². The van der Waals surface area contributed by atoms with Gasteiger partial charge in [0.1, 0.15) is 0 Å². The lowest BCUT2D eigenvalue weighted by atomic mass is 10.1. The summed E-state index contributed by atoms with van der Waals surface area (Å²) in [5.74, 6) is 0. The van der Waals surface area contributed by atoms with Crippen LogP contribution in [-0.4, -0.2) is 6.04 Å². The number of halogens is 1. The highest BCUT2D eigenvalue weighted by Gasteiger charge is 2.29. The number of anilines is 1. The second-order valence-corrected chi connectivity index (χ2v) is 6.28. The Morgan fingerprint density at radius 1 is 1.05 bits per heavy atom. The van der Waals surface area contributed by atoms with E-state index in [4.69, 9.17) is 5.73 Å². The van der Waals surface area contributed by atoms with Crippen LogP contribution in [0.15, 0.2) is 53.0 Å². The van der Waals surface area contributed by atoms with E-state index in [9.17, 15) is 0 Å². The summed E-state index contributed by atoms with van der Waals surface area (Å²) in [6.45, 7) is 1.54. The predicted octanol–water partition coefficient (Wildman–Crippen LogP) is 4.08. The summed E-state index contributed by atoms with van der Waals surface area (Å²) in [4.78, 5) is 2.50. The fourth-order valence-electron chi connectivity index (χ4n) is 2.51. The maximum Gasteiger partial charge on any atom is 0.0432 e. The van der Waals surface area contributed by atoms with E-state index in [1.807, 2.05) is 0 Å². The summed E-state index contributed by atoms with van der Waals surface area (Å²) in [7, 11) is 0. The van der Waals surface area contributed by atoms with Crippen LogP contribution in [-0.2, 0) is 13.1 Å². The Morgan fingerprint density at radius 2 is 1.80 bits per heavy atom. The van der Waals surface area contributed by atoms with E-state index in [1.54, 1.807) is 0 Å². The van der Waals surface area contributed by atoms with E-state index in [0.717, 1.165) is 11.0 Å². The van der Waals surface area contributed by atoms with E-state index < -0.39 is 0 Å². The molecule has 2 aromatic rings. The van der Waals surface area contributed by atoms with Crippen molar-refractivity contribution in [2.45, 2.75) is 32.0 Å². The molecule has 3 heteroatoms. The van der Waals surface area contributed by atoms with Gasteiger partial charge in [0.25, 0.3) is 0 Å². The minimum atomic E-state index is 0.580. The first-order valence-corrected chi connectivity index (χ1v) is 7.85. The van der Waals surface area contributed by atoms with Crippen LogP contribution >= 0.6 is 15.9 Å². The van der Waals surface area contributed by atoms with E-state index >= 15 is 0 Å². The molecular weight excluding hydrogens is 312 g/mol. The number of benzene rings is 2. The van der Waals surface area contributed by atoms with Gasteiger partial charge < -0.3 is 10.6 Å². The maximum atomic E-state index is 5.79. The van der Waals surface area contributed by atoms with Gasteiger partial charge in [-0.1, -0.05) is 46.3 Å². The summed E-state index contributed by atoms with van der Waals surface area (Å²) < 4.78 is 1.11. The van der Waals surface area contributed by atoms with Crippen molar-refractivity contribution in [1.82, 2.24) is 0 Å². The molecule has 0 bridgehead atoms. The molecule has 0 aromatic heterocycles. The smallest absolute Gasteiger partial charge is 0.0432 e. The first kappa shape index (κ1) is 13.7. The number of nitrogens with zero attached hydrogens (tertiary/aromatic N) is 1.